The summed E-state index contributed by atoms with van der Waals surface area (Å²) >= 11 is 5.89. The maximum absolute atomic E-state index is 12.3. The molecule has 1 aromatic heterocycles. The lowest BCUT2D eigenvalue weighted by molar-refractivity contribution is 0.102. The van der Waals surface area contributed by atoms with Gasteiger partial charge in [0.05, 0.1) is 7.11 Å². The summed E-state index contributed by atoms with van der Waals surface area (Å²) in [5.74, 6) is 1.40. The number of carbonyl (C=O) groups excluding carboxylic acids is 1. The van der Waals surface area contributed by atoms with E-state index in [2.05, 4.69) is 10.3 Å². The summed E-state index contributed by atoms with van der Waals surface area (Å²) < 4.78 is 10.7. The molecule has 0 aliphatic heterocycles. The number of halogens is 1. The van der Waals surface area contributed by atoms with E-state index in [1.54, 1.807) is 24.3 Å². The Morgan fingerprint density at radius 1 is 1.00 bits per heavy atom. The normalized spacial score (nSPS) is 10.2. The predicted molar refractivity (Wildman–Crippen MR) is 96.7 cm³/mol. The summed E-state index contributed by atoms with van der Waals surface area (Å²) in [6.07, 6.45) is 0. The zero-order valence-corrected chi connectivity index (χ0v) is 14.2. The summed E-state index contributed by atoms with van der Waals surface area (Å²) in [6, 6.07) is 19.5. The van der Waals surface area contributed by atoms with Crippen molar-refractivity contribution in [2.75, 3.05) is 12.4 Å². The van der Waals surface area contributed by atoms with Crippen LogP contribution >= 0.6 is 11.6 Å². The number of nitrogens with one attached hydrogen (secondary N) is 1. The zero-order valence-electron chi connectivity index (χ0n) is 13.4. The second-order valence-corrected chi connectivity index (χ2v) is 5.50. The minimum Gasteiger partial charge on any atom is -0.481 e. The Balaban J connectivity index is 1.69. The second-order valence-electron chi connectivity index (χ2n) is 5.11. The maximum atomic E-state index is 12.3. The van der Waals surface area contributed by atoms with Crippen LogP contribution in [0.1, 0.15) is 10.4 Å². The van der Waals surface area contributed by atoms with Crippen LogP contribution in [0.25, 0.3) is 0 Å². The van der Waals surface area contributed by atoms with E-state index in [9.17, 15) is 4.79 Å². The molecule has 1 N–H and O–H groups in total. The average molecular weight is 355 g/mol. The number of amides is 1. The molecular formula is C19H15ClN2O3. The average Bonchev–Trinajstić information content (AvgIpc) is 2.63. The molecular weight excluding hydrogens is 340 g/mol. The molecule has 0 saturated heterocycles. The highest BCUT2D eigenvalue weighted by molar-refractivity contribution is 6.30. The van der Waals surface area contributed by atoms with Crippen molar-refractivity contribution in [3.63, 3.8) is 0 Å². The van der Waals surface area contributed by atoms with Crippen LogP contribution in [0.2, 0.25) is 5.15 Å². The van der Waals surface area contributed by atoms with Crippen molar-refractivity contribution in [3.05, 3.63) is 77.4 Å². The van der Waals surface area contributed by atoms with E-state index in [4.69, 9.17) is 21.1 Å². The molecule has 25 heavy (non-hydrogen) atoms. The smallest absolute Gasteiger partial charge is 0.255 e. The van der Waals surface area contributed by atoms with Crippen molar-refractivity contribution in [1.29, 1.82) is 0 Å². The van der Waals surface area contributed by atoms with E-state index in [-0.39, 0.29) is 16.9 Å². The molecule has 0 aliphatic rings. The summed E-state index contributed by atoms with van der Waals surface area (Å²) in [5, 5.41) is 2.98. The number of para-hydroxylation sites is 1. The number of rotatable bonds is 5. The van der Waals surface area contributed by atoms with Crippen LogP contribution in [0, 0.1) is 0 Å². The topological polar surface area (TPSA) is 60.5 Å². The fraction of sp³-hybridized carbons (Fsp3) is 0.0526. The molecule has 5 nitrogen and oxygen atoms in total. The molecule has 0 unspecified atom stereocenters. The quantitative estimate of drug-likeness (QED) is 0.669. The standard InChI is InChI=1S/C19H15ClN2O3/c1-24-18-12-13(11-17(20)22-18)19(23)21-14-7-9-16(10-8-14)25-15-5-3-2-4-6-15/h2-12H,1H3,(H,21,23). The summed E-state index contributed by atoms with van der Waals surface area (Å²) in [4.78, 5) is 16.3. The van der Waals surface area contributed by atoms with E-state index in [0.29, 0.717) is 17.0 Å². The van der Waals surface area contributed by atoms with Gasteiger partial charge in [-0.1, -0.05) is 29.8 Å². The number of nitrogens with zero attached hydrogens (tertiary/aromatic N) is 1. The van der Waals surface area contributed by atoms with Gasteiger partial charge in [-0.2, -0.15) is 0 Å². The SMILES string of the molecule is COc1cc(C(=O)Nc2ccc(Oc3ccccc3)cc2)cc(Cl)n1. The Morgan fingerprint density at radius 2 is 1.68 bits per heavy atom. The number of pyridine rings is 1. The molecule has 0 aliphatic carbocycles. The number of methoxy groups -OCH3 is 1. The number of benzene rings is 2. The van der Waals surface area contributed by atoms with E-state index in [1.807, 2.05) is 30.3 Å². The zero-order chi connectivity index (χ0) is 17.6. The third kappa shape index (κ3) is 4.49. The highest BCUT2D eigenvalue weighted by Gasteiger charge is 2.10. The fourth-order valence-corrected chi connectivity index (χ4v) is 2.34. The van der Waals surface area contributed by atoms with Crippen LogP contribution in [-0.2, 0) is 0 Å². The van der Waals surface area contributed by atoms with Crippen molar-refractivity contribution >= 4 is 23.2 Å². The lowest BCUT2D eigenvalue weighted by Crippen LogP contribution is -2.12. The Bertz CT molecular complexity index is 868. The monoisotopic (exact) mass is 354 g/mol. The fourth-order valence-electron chi connectivity index (χ4n) is 2.14. The molecule has 3 aromatic rings. The van der Waals surface area contributed by atoms with E-state index in [1.165, 1.54) is 19.2 Å². The van der Waals surface area contributed by atoms with Crippen LogP contribution in [0.3, 0.4) is 0 Å². The first-order chi connectivity index (χ1) is 12.1. The third-order valence-electron chi connectivity index (χ3n) is 3.33. The number of anilines is 1. The van der Waals surface area contributed by atoms with Gasteiger partial charge >= 0.3 is 0 Å². The van der Waals surface area contributed by atoms with Gasteiger partial charge in [-0.05, 0) is 42.5 Å². The molecule has 6 heteroatoms. The minimum atomic E-state index is -0.306. The lowest BCUT2D eigenvalue weighted by atomic mass is 10.2. The first-order valence-corrected chi connectivity index (χ1v) is 7.88. The molecule has 0 spiro atoms. The van der Waals surface area contributed by atoms with Gasteiger partial charge in [-0.25, -0.2) is 4.98 Å². The molecule has 0 saturated carbocycles. The van der Waals surface area contributed by atoms with Gasteiger partial charge < -0.3 is 14.8 Å². The van der Waals surface area contributed by atoms with Crippen LogP contribution in [-0.4, -0.2) is 18.0 Å². The predicted octanol–water partition coefficient (Wildman–Crippen LogP) is 4.79. The van der Waals surface area contributed by atoms with Crippen LogP contribution in [0.15, 0.2) is 66.7 Å². The highest BCUT2D eigenvalue weighted by Crippen LogP contribution is 2.23. The molecule has 1 amide bonds. The Hall–Kier alpha value is -3.05. The summed E-state index contributed by atoms with van der Waals surface area (Å²) in [6.45, 7) is 0. The molecule has 2 aromatic carbocycles. The Labute approximate surface area is 150 Å². The van der Waals surface area contributed by atoms with Gasteiger partial charge in [-0.3, -0.25) is 4.79 Å². The molecule has 3 rings (SSSR count). The molecule has 0 atom stereocenters. The molecule has 0 radical (unpaired) electrons. The summed E-state index contributed by atoms with van der Waals surface area (Å²) in [7, 11) is 1.46. The van der Waals surface area contributed by atoms with E-state index < -0.39 is 0 Å². The van der Waals surface area contributed by atoms with Gasteiger partial charge in [0.2, 0.25) is 5.88 Å². The van der Waals surface area contributed by atoms with Crippen molar-refractivity contribution in [2.45, 2.75) is 0 Å². The van der Waals surface area contributed by atoms with E-state index >= 15 is 0 Å². The van der Waals surface area contributed by atoms with Gasteiger partial charge in [0.25, 0.3) is 5.91 Å². The van der Waals surface area contributed by atoms with E-state index in [0.717, 1.165) is 5.75 Å². The van der Waals surface area contributed by atoms with Gasteiger partial charge in [-0.15, -0.1) is 0 Å². The van der Waals surface area contributed by atoms with Crippen LogP contribution < -0.4 is 14.8 Å². The summed E-state index contributed by atoms with van der Waals surface area (Å²) in [5.41, 5.74) is 0.999. The number of hydrogen-bond acceptors (Lipinski definition) is 4. The van der Waals surface area contributed by atoms with Crippen molar-refractivity contribution in [2.24, 2.45) is 0 Å². The minimum absolute atomic E-state index is 0.191. The number of ether oxygens (including phenoxy) is 2. The third-order valence-corrected chi connectivity index (χ3v) is 3.53. The first kappa shape index (κ1) is 16.8. The number of aromatic nitrogens is 1. The second kappa shape index (κ2) is 7.68. The highest BCUT2D eigenvalue weighted by atomic mass is 35.5. The first-order valence-electron chi connectivity index (χ1n) is 7.50. The van der Waals surface area contributed by atoms with Crippen LogP contribution in [0.4, 0.5) is 5.69 Å². The Kier molecular flexibility index (Phi) is 5.16. The lowest BCUT2D eigenvalue weighted by Gasteiger charge is -2.09. The van der Waals surface area contributed by atoms with Gasteiger partial charge in [0.15, 0.2) is 0 Å². The van der Waals surface area contributed by atoms with Gasteiger partial charge in [0.1, 0.15) is 16.7 Å². The Morgan fingerprint density at radius 3 is 2.36 bits per heavy atom. The number of hydrogen-bond donors (Lipinski definition) is 1. The van der Waals surface area contributed by atoms with Crippen molar-refractivity contribution < 1.29 is 14.3 Å². The molecule has 126 valence electrons. The van der Waals surface area contributed by atoms with Crippen molar-refractivity contribution in [3.8, 4) is 17.4 Å². The van der Waals surface area contributed by atoms with Crippen molar-refractivity contribution in [1.82, 2.24) is 4.98 Å². The molecule has 0 bridgehead atoms. The van der Waals surface area contributed by atoms with Crippen LogP contribution in [0.5, 0.6) is 17.4 Å². The maximum Gasteiger partial charge on any atom is 0.255 e. The molecule has 1 heterocycles. The largest absolute Gasteiger partial charge is 0.481 e. The van der Waals surface area contributed by atoms with Gasteiger partial charge in [0, 0.05) is 17.3 Å². The molecule has 0 fully saturated rings. The number of carbonyl (C=O) groups is 1.